The van der Waals surface area contributed by atoms with Gasteiger partial charge in [0, 0.05) is 6.61 Å². The van der Waals surface area contributed by atoms with E-state index in [2.05, 4.69) is 5.32 Å². The molecule has 0 aromatic heterocycles. The van der Waals surface area contributed by atoms with E-state index in [4.69, 9.17) is 21.1 Å². The standard InChI is InChI=1S/C9H11NO2.C7H15NO3/c10-8(9(11)12)6-7-4-2-1-3-5-7;1-2-4-8-6(3-5-9)7(10)11/h1-5,8H,6,10H2,(H,11,12);6,8-9H,2-5H2,1H3,(H,10,11)/t8-;6-/m00/s1. The van der Waals surface area contributed by atoms with Crippen LogP contribution in [0.1, 0.15) is 25.3 Å². The second kappa shape index (κ2) is 12.6. The number of benzene rings is 1. The molecule has 0 saturated heterocycles. The van der Waals surface area contributed by atoms with E-state index < -0.39 is 24.0 Å². The molecule has 0 aliphatic rings. The number of hydrogen-bond donors (Lipinski definition) is 5. The molecule has 0 saturated carbocycles. The Kier molecular flexibility index (Phi) is 11.5. The summed E-state index contributed by atoms with van der Waals surface area (Å²) in [6.45, 7) is 2.55. The molecule has 23 heavy (non-hydrogen) atoms. The number of carboxylic acids is 2. The summed E-state index contributed by atoms with van der Waals surface area (Å²) in [5.74, 6) is -1.86. The van der Waals surface area contributed by atoms with Crippen LogP contribution in [0.2, 0.25) is 0 Å². The van der Waals surface area contributed by atoms with Crippen molar-refractivity contribution >= 4 is 11.9 Å². The maximum Gasteiger partial charge on any atom is 0.320 e. The predicted octanol–water partition coefficient (Wildman–Crippen LogP) is 0.463. The molecule has 1 rings (SSSR count). The summed E-state index contributed by atoms with van der Waals surface area (Å²) in [4.78, 5) is 20.8. The SMILES string of the molecule is CCCN[C@@H](CCO)C(=O)O.N[C@@H](Cc1ccccc1)C(=O)O. The molecule has 0 unspecified atom stereocenters. The van der Waals surface area contributed by atoms with Crippen LogP contribution in [0.4, 0.5) is 0 Å². The van der Waals surface area contributed by atoms with Crippen LogP contribution in [-0.2, 0) is 16.0 Å². The van der Waals surface area contributed by atoms with Gasteiger partial charge in [0.05, 0.1) is 0 Å². The van der Waals surface area contributed by atoms with Gasteiger partial charge >= 0.3 is 11.9 Å². The summed E-state index contributed by atoms with van der Waals surface area (Å²) in [5, 5.41) is 28.4. The zero-order chi connectivity index (χ0) is 17.7. The number of carboxylic acid groups (broad SMARTS) is 2. The van der Waals surface area contributed by atoms with Gasteiger partial charge in [0.2, 0.25) is 0 Å². The van der Waals surface area contributed by atoms with E-state index in [0.29, 0.717) is 13.0 Å². The zero-order valence-corrected chi connectivity index (χ0v) is 13.3. The highest BCUT2D eigenvalue weighted by molar-refractivity contribution is 5.73. The second-order valence-corrected chi connectivity index (χ2v) is 4.99. The second-order valence-electron chi connectivity index (χ2n) is 4.99. The molecule has 0 fully saturated rings. The highest BCUT2D eigenvalue weighted by atomic mass is 16.4. The van der Waals surface area contributed by atoms with E-state index in [1.165, 1.54) is 0 Å². The lowest BCUT2D eigenvalue weighted by molar-refractivity contribution is -0.140. The quantitative estimate of drug-likeness (QED) is 0.445. The van der Waals surface area contributed by atoms with Crippen LogP contribution in [0.15, 0.2) is 30.3 Å². The van der Waals surface area contributed by atoms with Crippen LogP contribution in [0, 0.1) is 0 Å². The van der Waals surface area contributed by atoms with Crippen LogP contribution in [0.25, 0.3) is 0 Å². The summed E-state index contributed by atoms with van der Waals surface area (Å²) < 4.78 is 0. The Balaban J connectivity index is 0.000000423. The molecule has 130 valence electrons. The van der Waals surface area contributed by atoms with Gasteiger partial charge in [-0.1, -0.05) is 37.3 Å². The molecule has 0 aliphatic heterocycles. The van der Waals surface area contributed by atoms with Crippen molar-refractivity contribution in [2.45, 2.75) is 38.3 Å². The first-order chi connectivity index (χ1) is 10.9. The number of carbonyl (C=O) groups is 2. The topological polar surface area (TPSA) is 133 Å². The predicted molar refractivity (Wildman–Crippen MR) is 87.2 cm³/mol. The molecular formula is C16H26N2O5. The van der Waals surface area contributed by atoms with Gasteiger partial charge < -0.3 is 26.4 Å². The van der Waals surface area contributed by atoms with Crippen LogP contribution in [-0.4, -0.2) is 52.5 Å². The van der Waals surface area contributed by atoms with Crippen molar-refractivity contribution in [1.29, 1.82) is 0 Å². The summed E-state index contributed by atoms with van der Waals surface area (Å²) in [7, 11) is 0. The lowest BCUT2D eigenvalue weighted by atomic mass is 10.1. The third-order valence-electron chi connectivity index (χ3n) is 2.97. The largest absolute Gasteiger partial charge is 0.480 e. The lowest BCUT2D eigenvalue weighted by Gasteiger charge is -2.11. The molecule has 0 heterocycles. The van der Waals surface area contributed by atoms with E-state index in [-0.39, 0.29) is 13.0 Å². The number of aliphatic carboxylic acids is 2. The summed E-state index contributed by atoms with van der Waals surface area (Å²) in [5.41, 5.74) is 6.30. The number of nitrogens with two attached hydrogens (primary N) is 1. The summed E-state index contributed by atoms with van der Waals surface area (Å²) in [6, 6.07) is 7.95. The molecule has 6 N–H and O–H groups in total. The highest BCUT2D eigenvalue weighted by Gasteiger charge is 2.14. The van der Waals surface area contributed by atoms with E-state index in [0.717, 1.165) is 12.0 Å². The normalized spacial score (nSPS) is 12.7. The number of aliphatic hydroxyl groups is 1. The van der Waals surface area contributed by atoms with Gasteiger partial charge in [-0.3, -0.25) is 9.59 Å². The third kappa shape index (κ3) is 10.4. The van der Waals surface area contributed by atoms with Crippen molar-refractivity contribution in [3.63, 3.8) is 0 Å². The monoisotopic (exact) mass is 326 g/mol. The van der Waals surface area contributed by atoms with E-state index >= 15 is 0 Å². The van der Waals surface area contributed by atoms with Crippen molar-refractivity contribution < 1.29 is 24.9 Å². The maximum atomic E-state index is 10.4. The first-order valence-corrected chi connectivity index (χ1v) is 7.51. The average molecular weight is 326 g/mol. The first-order valence-electron chi connectivity index (χ1n) is 7.51. The van der Waals surface area contributed by atoms with Crippen LogP contribution < -0.4 is 11.1 Å². The van der Waals surface area contributed by atoms with Gasteiger partial charge in [-0.15, -0.1) is 0 Å². The minimum Gasteiger partial charge on any atom is -0.480 e. The number of nitrogens with one attached hydrogen (secondary N) is 1. The molecule has 1 aromatic carbocycles. The Morgan fingerprint density at radius 1 is 1.17 bits per heavy atom. The maximum absolute atomic E-state index is 10.4. The summed E-state index contributed by atoms with van der Waals surface area (Å²) >= 11 is 0. The molecule has 0 radical (unpaired) electrons. The van der Waals surface area contributed by atoms with E-state index in [1.807, 2.05) is 37.3 Å². The molecule has 0 spiro atoms. The molecule has 0 bridgehead atoms. The molecule has 1 aromatic rings. The minimum atomic E-state index is -0.959. The van der Waals surface area contributed by atoms with Crippen molar-refractivity contribution in [3.05, 3.63) is 35.9 Å². The highest BCUT2D eigenvalue weighted by Crippen LogP contribution is 2.01. The van der Waals surface area contributed by atoms with Crippen molar-refractivity contribution in [1.82, 2.24) is 5.32 Å². The number of hydrogen-bond acceptors (Lipinski definition) is 5. The number of aliphatic hydroxyl groups excluding tert-OH is 1. The van der Waals surface area contributed by atoms with Gasteiger partial charge in [0.25, 0.3) is 0 Å². The smallest absolute Gasteiger partial charge is 0.320 e. The van der Waals surface area contributed by atoms with Crippen molar-refractivity contribution in [2.75, 3.05) is 13.2 Å². The molecular weight excluding hydrogens is 300 g/mol. The molecule has 7 heteroatoms. The van der Waals surface area contributed by atoms with Crippen molar-refractivity contribution in [2.24, 2.45) is 5.73 Å². The Bertz CT molecular complexity index is 453. The third-order valence-corrected chi connectivity index (χ3v) is 2.97. The minimum absolute atomic E-state index is 0.0896. The van der Waals surface area contributed by atoms with Crippen LogP contribution >= 0.6 is 0 Å². The first kappa shape index (κ1) is 21.0. The Morgan fingerprint density at radius 3 is 2.22 bits per heavy atom. The average Bonchev–Trinajstić information content (AvgIpc) is 2.52. The van der Waals surface area contributed by atoms with Gasteiger partial charge in [0.1, 0.15) is 12.1 Å². The van der Waals surface area contributed by atoms with Gasteiger partial charge in [-0.25, -0.2) is 0 Å². The van der Waals surface area contributed by atoms with E-state index in [1.54, 1.807) is 0 Å². The zero-order valence-electron chi connectivity index (χ0n) is 13.3. The molecule has 0 amide bonds. The Labute approximate surface area is 136 Å². The van der Waals surface area contributed by atoms with Crippen LogP contribution in [0.3, 0.4) is 0 Å². The van der Waals surface area contributed by atoms with Gasteiger partial charge in [-0.2, -0.15) is 0 Å². The molecule has 0 aliphatic carbocycles. The fraction of sp³-hybridized carbons (Fsp3) is 0.500. The fourth-order valence-electron chi connectivity index (χ4n) is 1.72. The summed E-state index contributed by atoms with van der Waals surface area (Å²) in [6.07, 6.45) is 1.56. The van der Waals surface area contributed by atoms with Gasteiger partial charge in [0.15, 0.2) is 0 Å². The molecule has 2 atom stereocenters. The fourth-order valence-corrected chi connectivity index (χ4v) is 1.72. The van der Waals surface area contributed by atoms with Gasteiger partial charge in [-0.05, 0) is 31.4 Å². The Hall–Kier alpha value is -1.96. The van der Waals surface area contributed by atoms with E-state index in [9.17, 15) is 9.59 Å². The number of rotatable bonds is 9. The Morgan fingerprint density at radius 2 is 1.78 bits per heavy atom. The lowest BCUT2D eigenvalue weighted by Crippen LogP contribution is -2.37. The van der Waals surface area contributed by atoms with Crippen molar-refractivity contribution in [3.8, 4) is 0 Å². The molecule has 7 nitrogen and oxygen atoms in total. The van der Waals surface area contributed by atoms with Crippen LogP contribution in [0.5, 0.6) is 0 Å².